The van der Waals surface area contributed by atoms with E-state index in [1.807, 2.05) is 0 Å². The SMILES string of the molecule is O=C(COC(=O)c1ccc(Br)o1)NC(=O)NC1CCCCC1. The summed E-state index contributed by atoms with van der Waals surface area (Å²) in [7, 11) is 0. The van der Waals surface area contributed by atoms with Gasteiger partial charge in [0.25, 0.3) is 5.91 Å². The van der Waals surface area contributed by atoms with E-state index in [1.54, 1.807) is 0 Å². The molecule has 0 aliphatic heterocycles. The summed E-state index contributed by atoms with van der Waals surface area (Å²) in [5, 5.41) is 4.87. The highest BCUT2D eigenvalue weighted by Gasteiger charge is 2.18. The highest BCUT2D eigenvalue weighted by atomic mass is 79.9. The van der Waals surface area contributed by atoms with Crippen molar-refractivity contribution in [3.63, 3.8) is 0 Å². The topological polar surface area (TPSA) is 97.6 Å². The lowest BCUT2D eigenvalue weighted by atomic mass is 9.96. The van der Waals surface area contributed by atoms with E-state index in [9.17, 15) is 14.4 Å². The van der Waals surface area contributed by atoms with Gasteiger partial charge in [0.15, 0.2) is 11.3 Å². The quantitative estimate of drug-likeness (QED) is 0.790. The van der Waals surface area contributed by atoms with Gasteiger partial charge in [0.05, 0.1) is 0 Å². The molecule has 2 N–H and O–H groups in total. The number of amides is 3. The maximum atomic E-state index is 11.6. The lowest BCUT2D eigenvalue weighted by Crippen LogP contribution is -2.46. The third-order valence-electron chi connectivity index (χ3n) is 3.30. The van der Waals surface area contributed by atoms with Gasteiger partial charge in [0.1, 0.15) is 0 Å². The van der Waals surface area contributed by atoms with Crippen LogP contribution in [0.3, 0.4) is 0 Å². The number of furan rings is 1. The van der Waals surface area contributed by atoms with Crippen molar-refractivity contribution in [3.8, 4) is 0 Å². The lowest BCUT2D eigenvalue weighted by molar-refractivity contribution is -0.123. The number of imide groups is 1. The summed E-state index contributed by atoms with van der Waals surface area (Å²) in [6, 6.07) is 2.49. The van der Waals surface area contributed by atoms with Gasteiger partial charge in [0, 0.05) is 6.04 Å². The molecule has 8 heteroatoms. The first kappa shape index (κ1) is 16.5. The van der Waals surface area contributed by atoms with Gasteiger partial charge in [-0.25, -0.2) is 9.59 Å². The van der Waals surface area contributed by atoms with E-state index < -0.39 is 24.5 Å². The van der Waals surface area contributed by atoms with Gasteiger partial charge in [-0.15, -0.1) is 0 Å². The van der Waals surface area contributed by atoms with E-state index in [0.717, 1.165) is 25.7 Å². The van der Waals surface area contributed by atoms with Gasteiger partial charge >= 0.3 is 12.0 Å². The third-order valence-corrected chi connectivity index (χ3v) is 3.73. The third kappa shape index (κ3) is 5.18. The number of carbonyl (C=O) groups is 3. The number of halogens is 1. The number of esters is 1. The van der Waals surface area contributed by atoms with Crippen LogP contribution in [0.1, 0.15) is 42.7 Å². The van der Waals surface area contributed by atoms with Crippen molar-refractivity contribution >= 4 is 33.8 Å². The van der Waals surface area contributed by atoms with Gasteiger partial charge in [-0.1, -0.05) is 19.3 Å². The molecule has 120 valence electrons. The standard InChI is InChI=1S/C14H17BrN2O5/c15-11-7-6-10(22-11)13(19)21-8-12(18)17-14(20)16-9-4-2-1-3-5-9/h6-7,9H,1-5,8H2,(H2,16,17,18,20). The minimum Gasteiger partial charge on any atom is -0.450 e. The molecule has 1 aliphatic rings. The molecule has 1 aliphatic carbocycles. The summed E-state index contributed by atoms with van der Waals surface area (Å²) in [5.74, 6) is -1.48. The van der Waals surface area contributed by atoms with Crippen LogP contribution in [0, 0.1) is 0 Å². The molecular weight excluding hydrogens is 356 g/mol. The Hall–Kier alpha value is -1.83. The summed E-state index contributed by atoms with van der Waals surface area (Å²) >= 11 is 3.05. The van der Waals surface area contributed by atoms with Gasteiger partial charge in [-0.2, -0.15) is 0 Å². The van der Waals surface area contributed by atoms with Gasteiger partial charge in [0.2, 0.25) is 5.76 Å². The Kier molecular flexibility index (Phi) is 6.00. The second kappa shape index (κ2) is 7.98. The number of hydrogen-bond acceptors (Lipinski definition) is 5. The molecule has 2 rings (SSSR count). The van der Waals surface area contributed by atoms with Gasteiger partial charge in [-0.05, 0) is 40.9 Å². The summed E-state index contributed by atoms with van der Waals surface area (Å²) in [4.78, 5) is 34.7. The monoisotopic (exact) mass is 372 g/mol. The molecule has 1 saturated carbocycles. The molecule has 1 aromatic rings. The minimum absolute atomic E-state index is 0.0219. The average molecular weight is 373 g/mol. The number of hydrogen-bond donors (Lipinski definition) is 2. The van der Waals surface area contributed by atoms with Crippen LogP contribution >= 0.6 is 15.9 Å². The first-order chi connectivity index (χ1) is 10.5. The van der Waals surface area contributed by atoms with Crippen molar-refractivity contribution in [2.45, 2.75) is 38.1 Å². The summed E-state index contributed by atoms with van der Waals surface area (Å²) in [6.07, 6.45) is 5.18. The zero-order valence-electron chi connectivity index (χ0n) is 11.9. The second-order valence-corrected chi connectivity index (χ2v) is 5.82. The van der Waals surface area contributed by atoms with Gasteiger partial charge < -0.3 is 14.5 Å². The number of ether oxygens (including phenoxy) is 1. The van der Waals surface area contributed by atoms with Crippen molar-refractivity contribution in [2.24, 2.45) is 0 Å². The first-order valence-corrected chi connectivity index (χ1v) is 7.86. The fraction of sp³-hybridized carbons (Fsp3) is 0.500. The van der Waals surface area contributed by atoms with Crippen LogP contribution in [0.25, 0.3) is 0 Å². The molecule has 7 nitrogen and oxygen atoms in total. The Bertz CT molecular complexity index is 551. The average Bonchev–Trinajstić information content (AvgIpc) is 2.92. The zero-order chi connectivity index (χ0) is 15.9. The Labute approximate surface area is 135 Å². The smallest absolute Gasteiger partial charge is 0.374 e. The maximum absolute atomic E-state index is 11.6. The summed E-state index contributed by atoms with van der Waals surface area (Å²) in [5.41, 5.74) is 0. The summed E-state index contributed by atoms with van der Waals surface area (Å²) in [6.45, 7) is -0.546. The van der Waals surface area contributed by atoms with Crippen LogP contribution in [-0.4, -0.2) is 30.6 Å². The van der Waals surface area contributed by atoms with E-state index in [-0.39, 0.29) is 11.8 Å². The van der Waals surface area contributed by atoms with Crippen LogP contribution < -0.4 is 10.6 Å². The van der Waals surface area contributed by atoms with Crippen molar-refractivity contribution in [3.05, 3.63) is 22.6 Å². The van der Waals surface area contributed by atoms with Crippen LogP contribution in [-0.2, 0) is 9.53 Å². The fourth-order valence-electron chi connectivity index (χ4n) is 2.26. The van der Waals surface area contributed by atoms with E-state index in [4.69, 9.17) is 9.15 Å². The first-order valence-electron chi connectivity index (χ1n) is 7.07. The molecule has 0 saturated heterocycles. The Morgan fingerprint density at radius 1 is 1.23 bits per heavy atom. The minimum atomic E-state index is -0.770. The molecule has 3 amide bonds. The van der Waals surface area contributed by atoms with Crippen LogP contribution in [0.4, 0.5) is 4.79 Å². The predicted octanol–water partition coefficient (Wildman–Crippen LogP) is 2.36. The molecule has 0 bridgehead atoms. The van der Waals surface area contributed by atoms with E-state index >= 15 is 0 Å². The van der Waals surface area contributed by atoms with Gasteiger partial charge in [-0.3, -0.25) is 10.1 Å². The molecule has 0 aromatic carbocycles. The number of urea groups is 1. The number of nitrogens with one attached hydrogen (secondary N) is 2. The fourth-order valence-corrected chi connectivity index (χ4v) is 2.56. The predicted molar refractivity (Wildman–Crippen MR) is 80.2 cm³/mol. The van der Waals surface area contributed by atoms with Crippen LogP contribution in [0.5, 0.6) is 0 Å². The summed E-state index contributed by atoms with van der Waals surface area (Å²) < 4.78 is 10.1. The number of carbonyl (C=O) groups excluding carboxylic acids is 3. The van der Waals surface area contributed by atoms with Crippen molar-refractivity contribution < 1.29 is 23.5 Å². The van der Waals surface area contributed by atoms with Crippen molar-refractivity contribution in [1.82, 2.24) is 10.6 Å². The number of rotatable bonds is 4. The Morgan fingerprint density at radius 2 is 1.95 bits per heavy atom. The van der Waals surface area contributed by atoms with Crippen LogP contribution in [0.15, 0.2) is 21.2 Å². The second-order valence-electron chi connectivity index (χ2n) is 5.04. The highest BCUT2D eigenvalue weighted by Crippen LogP contribution is 2.17. The van der Waals surface area contributed by atoms with Crippen LogP contribution in [0.2, 0.25) is 0 Å². The molecule has 0 atom stereocenters. The maximum Gasteiger partial charge on any atom is 0.374 e. The van der Waals surface area contributed by atoms with Crippen molar-refractivity contribution in [2.75, 3.05) is 6.61 Å². The van der Waals surface area contributed by atoms with E-state index in [1.165, 1.54) is 18.6 Å². The molecule has 22 heavy (non-hydrogen) atoms. The Balaban J connectivity index is 1.68. The zero-order valence-corrected chi connectivity index (χ0v) is 13.5. The molecule has 1 fully saturated rings. The van der Waals surface area contributed by atoms with E-state index in [2.05, 4.69) is 26.6 Å². The normalized spacial score (nSPS) is 15.1. The van der Waals surface area contributed by atoms with Crippen molar-refractivity contribution in [1.29, 1.82) is 0 Å². The molecular formula is C14H17BrN2O5. The molecule has 0 spiro atoms. The lowest BCUT2D eigenvalue weighted by Gasteiger charge is -2.22. The molecule has 0 radical (unpaired) electrons. The molecule has 1 aromatic heterocycles. The largest absolute Gasteiger partial charge is 0.450 e. The molecule has 0 unspecified atom stereocenters. The molecule has 1 heterocycles. The van der Waals surface area contributed by atoms with E-state index in [0.29, 0.717) is 4.67 Å². The highest BCUT2D eigenvalue weighted by molar-refractivity contribution is 9.10. The Morgan fingerprint density at radius 3 is 2.59 bits per heavy atom.